The second-order valence-electron chi connectivity index (χ2n) is 3.30. The lowest BCUT2D eigenvalue weighted by atomic mass is 10.3. The van der Waals surface area contributed by atoms with Crippen molar-refractivity contribution in [3.63, 3.8) is 0 Å². The van der Waals surface area contributed by atoms with E-state index in [-0.39, 0.29) is 24.8 Å². The number of likely N-dealkylation sites (N-methyl/N-ethyl adjacent to an activating group) is 1. The van der Waals surface area contributed by atoms with Gasteiger partial charge in [0.15, 0.2) is 0 Å². The van der Waals surface area contributed by atoms with E-state index in [0.717, 1.165) is 0 Å². The molecule has 0 aromatic heterocycles. The van der Waals surface area contributed by atoms with Crippen LogP contribution in [0.3, 0.4) is 0 Å². The van der Waals surface area contributed by atoms with Gasteiger partial charge in [-0.05, 0) is 7.05 Å². The third-order valence-corrected chi connectivity index (χ3v) is 1.78. The fourth-order valence-corrected chi connectivity index (χ4v) is 0.974. The Morgan fingerprint density at radius 2 is 2.13 bits per heavy atom. The van der Waals surface area contributed by atoms with E-state index >= 15 is 0 Å². The zero-order valence-corrected chi connectivity index (χ0v) is 9.28. The lowest BCUT2D eigenvalue weighted by Gasteiger charge is -2.14. The first-order valence-corrected chi connectivity index (χ1v) is 4.78. The van der Waals surface area contributed by atoms with Crippen LogP contribution in [0.5, 0.6) is 0 Å². The maximum atomic E-state index is 11.2. The van der Waals surface area contributed by atoms with Crippen LogP contribution in [0.15, 0.2) is 0 Å². The normalized spacial score (nSPS) is 10.3. The molecule has 15 heavy (non-hydrogen) atoms. The number of carbonyl (C=O) groups is 2. The highest BCUT2D eigenvalue weighted by Gasteiger charge is 2.06. The summed E-state index contributed by atoms with van der Waals surface area (Å²) in [5, 5.41) is 2.68. The second kappa shape index (κ2) is 8.19. The molecule has 2 amide bonds. The van der Waals surface area contributed by atoms with Crippen LogP contribution >= 0.6 is 0 Å². The summed E-state index contributed by atoms with van der Waals surface area (Å²) in [7, 11) is 3.34. The maximum Gasteiger partial charge on any atom is 0.234 e. The Labute approximate surface area is 89.7 Å². The summed E-state index contributed by atoms with van der Waals surface area (Å²) in [4.78, 5) is 23.5. The van der Waals surface area contributed by atoms with E-state index in [2.05, 4.69) is 5.32 Å². The standard InChI is InChI=1S/C9H19N3O3/c1-12(5-3-8(10)13)7-9(14)11-4-6-15-2/h3-7H2,1-2H3,(H2,10,13)(H,11,14). The zero-order valence-electron chi connectivity index (χ0n) is 9.28. The molecule has 0 unspecified atom stereocenters. The zero-order chi connectivity index (χ0) is 11.7. The lowest BCUT2D eigenvalue weighted by molar-refractivity contribution is -0.123. The van der Waals surface area contributed by atoms with E-state index in [1.165, 1.54) is 0 Å². The lowest BCUT2D eigenvalue weighted by Crippen LogP contribution is -2.37. The van der Waals surface area contributed by atoms with Gasteiger partial charge >= 0.3 is 0 Å². The van der Waals surface area contributed by atoms with Crippen LogP contribution in [-0.4, -0.2) is 57.1 Å². The van der Waals surface area contributed by atoms with Crippen molar-refractivity contribution in [3.05, 3.63) is 0 Å². The molecule has 6 heteroatoms. The van der Waals surface area contributed by atoms with Crippen molar-refractivity contribution < 1.29 is 14.3 Å². The van der Waals surface area contributed by atoms with Crippen LogP contribution in [0.2, 0.25) is 0 Å². The summed E-state index contributed by atoms with van der Waals surface area (Å²) < 4.78 is 4.79. The molecular weight excluding hydrogens is 198 g/mol. The van der Waals surface area contributed by atoms with Crippen molar-refractivity contribution in [1.29, 1.82) is 0 Å². The summed E-state index contributed by atoms with van der Waals surface area (Å²) in [6, 6.07) is 0. The van der Waals surface area contributed by atoms with Gasteiger partial charge in [0, 0.05) is 26.6 Å². The first kappa shape index (κ1) is 13.9. The second-order valence-corrected chi connectivity index (χ2v) is 3.30. The number of ether oxygens (including phenoxy) is 1. The number of hydrogen-bond donors (Lipinski definition) is 2. The van der Waals surface area contributed by atoms with Crippen LogP contribution in [0.1, 0.15) is 6.42 Å². The molecule has 0 spiro atoms. The van der Waals surface area contributed by atoms with Gasteiger partial charge in [0.2, 0.25) is 11.8 Å². The van der Waals surface area contributed by atoms with E-state index in [1.54, 1.807) is 19.1 Å². The van der Waals surface area contributed by atoms with E-state index < -0.39 is 0 Å². The smallest absolute Gasteiger partial charge is 0.234 e. The highest BCUT2D eigenvalue weighted by molar-refractivity contribution is 5.78. The topological polar surface area (TPSA) is 84.7 Å². The van der Waals surface area contributed by atoms with Gasteiger partial charge in [0.1, 0.15) is 0 Å². The molecule has 0 saturated carbocycles. The van der Waals surface area contributed by atoms with Gasteiger partial charge < -0.3 is 15.8 Å². The average molecular weight is 217 g/mol. The van der Waals surface area contributed by atoms with Crippen molar-refractivity contribution in [2.75, 3.05) is 40.4 Å². The minimum absolute atomic E-state index is 0.0842. The van der Waals surface area contributed by atoms with Crippen LogP contribution in [0.4, 0.5) is 0 Å². The summed E-state index contributed by atoms with van der Waals surface area (Å²) in [6.45, 7) is 1.75. The Morgan fingerprint density at radius 1 is 1.47 bits per heavy atom. The molecule has 0 aliphatic heterocycles. The number of nitrogens with zero attached hydrogens (tertiary/aromatic N) is 1. The predicted octanol–water partition coefficient (Wildman–Crippen LogP) is -1.44. The number of carbonyl (C=O) groups excluding carboxylic acids is 2. The van der Waals surface area contributed by atoms with Gasteiger partial charge in [0.05, 0.1) is 13.2 Å². The summed E-state index contributed by atoms with van der Waals surface area (Å²) in [5.74, 6) is -0.444. The van der Waals surface area contributed by atoms with Gasteiger partial charge in [-0.2, -0.15) is 0 Å². The molecule has 0 heterocycles. The van der Waals surface area contributed by atoms with Gasteiger partial charge in [-0.15, -0.1) is 0 Å². The molecule has 6 nitrogen and oxygen atoms in total. The number of nitrogens with two attached hydrogens (primary N) is 1. The van der Waals surface area contributed by atoms with Crippen molar-refractivity contribution in [2.45, 2.75) is 6.42 Å². The Kier molecular flexibility index (Phi) is 7.57. The SMILES string of the molecule is COCCNC(=O)CN(C)CCC(N)=O. The van der Waals surface area contributed by atoms with E-state index in [1.807, 2.05) is 0 Å². The third kappa shape index (κ3) is 9.17. The minimum Gasteiger partial charge on any atom is -0.383 e. The maximum absolute atomic E-state index is 11.2. The van der Waals surface area contributed by atoms with Crippen molar-refractivity contribution >= 4 is 11.8 Å². The van der Waals surface area contributed by atoms with Gasteiger partial charge in [-0.3, -0.25) is 14.5 Å². The molecule has 0 radical (unpaired) electrons. The number of nitrogens with one attached hydrogen (secondary N) is 1. The van der Waals surface area contributed by atoms with Crippen molar-refractivity contribution in [3.8, 4) is 0 Å². The highest BCUT2D eigenvalue weighted by Crippen LogP contribution is 1.86. The largest absolute Gasteiger partial charge is 0.383 e. The van der Waals surface area contributed by atoms with E-state index in [9.17, 15) is 9.59 Å². The molecule has 88 valence electrons. The Hall–Kier alpha value is -1.14. The van der Waals surface area contributed by atoms with Gasteiger partial charge in [0.25, 0.3) is 0 Å². The molecule has 3 N–H and O–H groups in total. The Balaban J connectivity index is 3.53. The number of primary amides is 1. The first-order valence-electron chi connectivity index (χ1n) is 4.78. The number of methoxy groups -OCH3 is 1. The van der Waals surface area contributed by atoms with E-state index in [0.29, 0.717) is 19.7 Å². The summed E-state index contributed by atoms with van der Waals surface area (Å²) in [5.41, 5.74) is 4.99. The molecule has 0 rings (SSSR count). The molecule has 0 aromatic rings. The molecule has 0 bridgehead atoms. The van der Waals surface area contributed by atoms with Gasteiger partial charge in [-0.25, -0.2) is 0 Å². The van der Waals surface area contributed by atoms with Crippen molar-refractivity contribution in [1.82, 2.24) is 10.2 Å². The van der Waals surface area contributed by atoms with Gasteiger partial charge in [-0.1, -0.05) is 0 Å². The summed E-state index contributed by atoms with van der Waals surface area (Å²) in [6.07, 6.45) is 0.266. The van der Waals surface area contributed by atoms with Crippen LogP contribution in [0, 0.1) is 0 Å². The van der Waals surface area contributed by atoms with E-state index in [4.69, 9.17) is 10.5 Å². The molecule has 0 fully saturated rings. The van der Waals surface area contributed by atoms with Crippen LogP contribution in [-0.2, 0) is 14.3 Å². The minimum atomic E-state index is -0.360. The molecule has 0 aliphatic rings. The van der Waals surface area contributed by atoms with Crippen molar-refractivity contribution in [2.24, 2.45) is 5.73 Å². The Bertz CT molecular complexity index is 209. The molecule has 0 aliphatic carbocycles. The molecular formula is C9H19N3O3. The fourth-order valence-electron chi connectivity index (χ4n) is 0.974. The number of hydrogen-bond acceptors (Lipinski definition) is 4. The van der Waals surface area contributed by atoms with Crippen LogP contribution in [0.25, 0.3) is 0 Å². The third-order valence-electron chi connectivity index (χ3n) is 1.78. The number of rotatable bonds is 8. The fraction of sp³-hybridized carbons (Fsp3) is 0.778. The van der Waals surface area contributed by atoms with Crippen LogP contribution < -0.4 is 11.1 Å². The average Bonchev–Trinajstić information content (AvgIpc) is 2.15. The molecule has 0 saturated heterocycles. The first-order chi connectivity index (χ1) is 7.06. The Morgan fingerprint density at radius 3 is 2.67 bits per heavy atom. The summed E-state index contributed by atoms with van der Waals surface area (Å²) >= 11 is 0. The highest BCUT2D eigenvalue weighted by atomic mass is 16.5. The quantitative estimate of drug-likeness (QED) is 0.487. The molecule has 0 aromatic carbocycles. The monoisotopic (exact) mass is 217 g/mol. The molecule has 0 atom stereocenters. The predicted molar refractivity (Wildman–Crippen MR) is 56.2 cm³/mol. The number of amides is 2.